The molecule has 3 aromatic rings. The number of benzene rings is 2. The first-order valence-electron chi connectivity index (χ1n) is 22.7. The fourth-order valence-corrected chi connectivity index (χ4v) is 8.73. The zero-order chi connectivity index (χ0) is 48.0. The van der Waals surface area contributed by atoms with Gasteiger partial charge in [0.05, 0.1) is 37.1 Å². The lowest BCUT2D eigenvalue weighted by Crippen LogP contribution is -2.59. The first-order chi connectivity index (χ1) is 31.1. The zero-order valence-corrected chi connectivity index (χ0v) is 39.7. The van der Waals surface area contributed by atoms with Gasteiger partial charge in [-0.15, -0.1) is 0 Å². The molecule has 0 radical (unpaired) electrons. The highest BCUT2D eigenvalue weighted by Gasteiger charge is 2.45. The van der Waals surface area contributed by atoms with Crippen LogP contribution in [0.15, 0.2) is 103 Å². The number of aromatic amines is 1. The molecule has 0 saturated carbocycles. The van der Waals surface area contributed by atoms with Gasteiger partial charge in [-0.3, -0.25) is 14.6 Å². The number of ether oxygens (including phenoxy) is 1. The van der Waals surface area contributed by atoms with Crippen LogP contribution in [0.25, 0.3) is 22.4 Å². The summed E-state index contributed by atoms with van der Waals surface area (Å²) in [5.74, 6) is -0.855. The summed E-state index contributed by atoms with van der Waals surface area (Å²) in [6, 6.07) is 25.3. The number of carbonyl (C=O) groups excluding carboxylic acids is 4. The maximum absolute atomic E-state index is 14.8. The van der Waals surface area contributed by atoms with Crippen molar-refractivity contribution in [3.05, 3.63) is 126 Å². The number of urea groups is 1. The van der Waals surface area contributed by atoms with Gasteiger partial charge in [-0.05, 0) is 96.5 Å². The molecule has 6 N–H and O–H groups in total. The summed E-state index contributed by atoms with van der Waals surface area (Å²) in [5, 5.41) is 32.0. The normalized spacial score (nSPS) is 15.8. The number of aromatic nitrogens is 2. The Labute approximate surface area is 388 Å². The van der Waals surface area contributed by atoms with Gasteiger partial charge in [-0.1, -0.05) is 102 Å². The lowest BCUT2D eigenvalue weighted by molar-refractivity contribution is -0.131. The van der Waals surface area contributed by atoms with Crippen molar-refractivity contribution in [1.82, 2.24) is 35.7 Å². The first kappa shape index (κ1) is 49.2. The largest absolute Gasteiger partial charge is 0.453 e. The highest BCUT2D eigenvalue weighted by Crippen LogP contribution is 2.35. The number of amides is 5. The van der Waals surface area contributed by atoms with E-state index < -0.39 is 64.6 Å². The third-order valence-electron chi connectivity index (χ3n) is 12.3. The molecular weight excluding hydrogens is 835 g/mol. The van der Waals surface area contributed by atoms with E-state index in [0.717, 1.165) is 44.8 Å². The molecule has 1 aromatic heterocycles. The van der Waals surface area contributed by atoms with Crippen LogP contribution >= 0.6 is 0 Å². The van der Waals surface area contributed by atoms with Crippen LogP contribution in [-0.2, 0) is 39.3 Å². The Kier molecular flexibility index (Phi) is 15.3. The minimum atomic E-state index is -1.17. The highest BCUT2D eigenvalue weighted by molar-refractivity contribution is 5.89. The minimum Gasteiger partial charge on any atom is -0.453 e. The molecule has 5 amide bonds. The minimum absolute atomic E-state index is 0.0379. The maximum atomic E-state index is 14.8. The summed E-state index contributed by atoms with van der Waals surface area (Å²) in [6.07, 6.45) is 2.27. The summed E-state index contributed by atoms with van der Waals surface area (Å²) in [7, 11) is 1.24. The van der Waals surface area contributed by atoms with E-state index in [4.69, 9.17) is 4.74 Å². The van der Waals surface area contributed by atoms with Gasteiger partial charge in [0.2, 0.25) is 11.8 Å². The Bertz CT molecular complexity index is 2380. The summed E-state index contributed by atoms with van der Waals surface area (Å²) in [5.41, 5.74) is 4.53. The van der Waals surface area contributed by atoms with E-state index >= 15 is 0 Å². The second-order valence-corrected chi connectivity index (χ2v) is 20.2. The van der Waals surface area contributed by atoms with Crippen molar-refractivity contribution in [3.63, 3.8) is 0 Å². The van der Waals surface area contributed by atoms with Crippen molar-refractivity contribution in [2.45, 2.75) is 117 Å². The van der Waals surface area contributed by atoms with E-state index in [1.54, 1.807) is 29.8 Å². The van der Waals surface area contributed by atoms with E-state index in [1.807, 2.05) is 139 Å². The van der Waals surface area contributed by atoms with Crippen LogP contribution in [0.1, 0.15) is 84.2 Å². The van der Waals surface area contributed by atoms with Crippen LogP contribution < -0.4 is 16.0 Å². The molecule has 1 aliphatic carbocycles. The van der Waals surface area contributed by atoms with Crippen LogP contribution in [0.5, 0.6) is 0 Å². The number of rotatable bonds is 17. The molecule has 2 aliphatic heterocycles. The second-order valence-electron chi connectivity index (χ2n) is 20.2. The average molecular weight is 902 g/mol. The fourth-order valence-electron chi connectivity index (χ4n) is 8.73. The number of methoxy groups -OCH3 is 1. The quantitative estimate of drug-likeness (QED) is 0.0573. The molecule has 0 bridgehead atoms. The summed E-state index contributed by atoms with van der Waals surface area (Å²) >= 11 is 0. The SMILES string of the molecule is COC(=O)NC(C(=O)NC(Cc1ccc(-c2ccccn2)cc1)CC(O)C(Cc1ccccc1)NC(=O)C(N1CCN(Cc2[nH]ccc3cc(C(C)(C)O)cc2-3)C1=O)C(C)(C)C)C(C)(C)C. The van der Waals surface area contributed by atoms with Crippen LogP contribution in [0.2, 0.25) is 0 Å². The van der Waals surface area contributed by atoms with E-state index in [2.05, 4.69) is 25.9 Å². The van der Waals surface area contributed by atoms with Crippen LogP contribution in [0.3, 0.4) is 0 Å². The molecule has 14 nitrogen and oxygen atoms in total. The number of nitrogens with one attached hydrogen (secondary N) is 4. The number of carbonyl (C=O) groups is 4. The number of fused-ring (bicyclic) bond motifs is 1. The average Bonchev–Trinajstić information content (AvgIpc) is 3.87. The molecule has 14 heteroatoms. The molecule has 0 spiro atoms. The Balaban J connectivity index is 1.25. The molecule has 5 atom stereocenters. The lowest BCUT2D eigenvalue weighted by Gasteiger charge is -2.38. The molecule has 5 unspecified atom stereocenters. The molecule has 6 rings (SSSR count). The first-order valence-corrected chi connectivity index (χ1v) is 22.7. The number of nitrogens with zero attached hydrogens (tertiary/aromatic N) is 3. The molecule has 352 valence electrons. The van der Waals surface area contributed by atoms with Crippen molar-refractivity contribution >= 4 is 23.9 Å². The Morgan fingerprint density at radius 1 is 0.788 bits per heavy atom. The highest BCUT2D eigenvalue weighted by atomic mass is 16.5. The third-order valence-corrected chi connectivity index (χ3v) is 12.3. The third kappa shape index (κ3) is 12.3. The molecule has 3 aliphatic rings. The van der Waals surface area contributed by atoms with Crippen LogP contribution in [-0.4, -0.2) is 104 Å². The van der Waals surface area contributed by atoms with Crippen molar-refractivity contribution in [2.24, 2.45) is 10.8 Å². The number of hydrogen-bond donors (Lipinski definition) is 6. The monoisotopic (exact) mass is 902 g/mol. The number of alkyl carbamates (subject to hydrolysis) is 1. The standard InChI is InChI=1S/C52H67N7O7/c1-50(2,3)44(57-48(63)66-9)46(61)55-38(27-34-18-20-35(21-19-34)40-17-13-14-23-53-40)31-43(60)41(28-33-15-11-10-12-16-33)56-47(62)45(51(4,5)6)59-26-25-58(49(59)64)32-42-39-30-37(52(7,8)65)29-36(39)22-24-54-42/h10-24,29-30,38,41,43-45,54,60,65H,25-28,31-32H2,1-9H3,(H,55,61)(H,56,62)(H,57,63). The fraction of sp³-hybridized carbons (Fsp3) is 0.442. The number of aliphatic hydroxyl groups excluding tert-OH is 1. The molecule has 66 heavy (non-hydrogen) atoms. The van der Waals surface area contributed by atoms with Gasteiger partial charge in [-0.2, -0.15) is 0 Å². The summed E-state index contributed by atoms with van der Waals surface area (Å²) < 4.78 is 4.86. The van der Waals surface area contributed by atoms with E-state index in [1.165, 1.54) is 7.11 Å². The van der Waals surface area contributed by atoms with Gasteiger partial charge in [-0.25, -0.2) is 9.59 Å². The number of pyridine rings is 2. The molecule has 3 heterocycles. The van der Waals surface area contributed by atoms with Gasteiger partial charge < -0.3 is 45.7 Å². The smallest absolute Gasteiger partial charge is 0.407 e. The molecular formula is C52H67N7O7. The van der Waals surface area contributed by atoms with Gasteiger partial charge in [0.25, 0.3) is 0 Å². The lowest BCUT2D eigenvalue weighted by atomic mass is 9.84. The van der Waals surface area contributed by atoms with E-state index in [-0.39, 0.29) is 25.4 Å². The molecule has 2 aromatic carbocycles. The van der Waals surface area contributed by atoms with Crippen LogP contribution in [0, 0.1) is 10.8 Å². The van der Waals surface area contributed by atoms with Gasteiger partial charge >= 0.3 is 12.1 Å². The zero-order valence-electron chi connectivity index (χ0n) is 39.7. The Hall–Kier alpha value is -6.25. The van der Waals surface area contributed by atoms with Crippen molar-refractivity contribution in [3.8, 4) is 22.4 Å². The number of hydrogen-bond acceptors (Lipinski definition) is 8. The molecule has 1 saturated heterocycles. The van der Waals surface area contributed by atoms with Gasteiger partial charge in [0.1, 0.15) is 12.1 Å². The second kappa shape index (κ2) is 20.5. The maximum Gasteiger partial charge on any atom is 0.407 e. The predicted octanol–water partition coefficient (Wildman–Crippen LogP) is 7.04. The van der Waals surface area contributed by atoms with E-state index in [9.17, 15) is 29.4 Å². The van der Waals surface area contributed by atoms with Crippen molar-refractivity contribution in [2.75, 3.05) is 20.2 Å². The summed E-state index contributed by atoms with van der Waals surface area (Å²) in [6.45, 7) is 15.7. The molecule has 1 fully saturated rings. The van der Waals surface area contributed by atoms with Crippen molar-refractivity contribution in [1.29, 1.82) is 0 Å². The van der Waals surface area contributed by atoms with Crippen LogP contribution in [0.4, 0.5) is 9.59 Å². The Morgan fingerprint density at radius 3 is 2.09 bits per heavy atom. The van der Waals surface area contributed by atoms with Gasteiger partial charge in [0, 0.05) is 48.3 Å². The number of aliphatic hydroxyl groups is 2. The van der Waals surface area contributed by atoms with Crippen molar-refractivity contribution < 1.29 is 34.1 Å². The predicted molar refractivity (Wildman–Crippen MR) is 255 cm³/mol. The summed E-state index contributed by atoms with van der Waals surface area (Å²) in [4.78, 5) is 66.8. The van der Waals surface area contributed by atoms with E-state index in [0.29, 0.717) is 19.5 Å². The van der Waals surface area contributed by atoms with Gasteiger partial charge in [0.15, 0.2) is 0 Å². The topological polar surface area (TPSA) is 189 Å². The Morgan fingerprint density at radius 2 is 1.47 bits per heavy atom. The number of H-pyrrole nitrogens is 1.